The van der Waals surface area contributed by atoms with Crippen molar-refractivity contribution in [3.63, 3.8) is 0 Å². The van der Waals surface area contributed by atoms with Crippen LogP contribution >= 0.6 is 12.0 Å². The van der Waals surface area contributed by atoms with Crippen molar-refractivity contribution >= 4 is 34.6 Å². The zero-order valence-electron chi connectivity index (χ0n) is 16.5. The lowest BCUT2D eigenvalue weighted by atomic mass is 9.92. The minimum Gasteiger partial charge on any atom is -0.266 e. The van der Waals surface area contributed by atoms with Gasteiger partial charge < -0.3 is 0 Å². The summed E-state index contributed by atoms with van der Waals surface area (Å²) in [6.45, 7) is 2.01. The molecule has 2 amide bonds. The summed E-state index contributed by atoms with van der Waals surface area (Å²) in [6.07, 6.45) is 2.48. The maximum absolute atomic E-state index is 13.9. The van der Waals surface area contributed by atoms with Gasteiger partial charge in [0.15, 0.2) is 23.3 Å². The summed E-state index contributed by atoms with van der Waals surface area (Å²) in [5.74, 6) is -12.8. The fourth-order valence-corrected chi connectivity index (χ4v) is 4.08. The number of imide groups is 1. The molecule has 10 heteroatoms. The number of amides is 2. The number of nitrogens with zero attached hydrogens (tertiary/aromatic N) is 1. The molecule has 0 aliphatic carbocycles. The van der Waals surface area contributed by atoms with Crippen LogP contribution < -0.4 is 0 Å². The second-order valence-corrected chi connectivity index (χ2v) is 7.84. The zero-order chi connectivity index (χ0) is 23.2. The van der Waals surface area contributed by atoms with Crippen LogP contribution in [0.5, 0.6) is 0 Å². The lowest BCUT2D eigenvalue weighted by Gasteiger charge is -2.25. The number of carbonyl (C=O) groups is 2. The zero-order valence-corrected chi connectivity index (χ0v) is 17.3. The second kappa shape index (κ2) is 8.51. The summed E-state index contributed by atoms with van der Waals surface area (Å²) in [7, 11) is 0. The maximum atomic E-state index is 13.9. The summed E-state index contributed by atoms with van der Waals surface area (Å²) in [5.41, 5.74) is 1.10. The molecule has 0 radical (unpaired) electrons. The Kier molecular flexibility index (Phi) is 5.91. The lowest BCUT2D eigenvalue weighted by Crippen LogP contribution is -2.39. The van der Waals surface area contributed by atoms with Gasteiger partial charge >= 0.3 is 0 Å². The predicted molar refractivity (Wildman–Crippen MR) is 106 cm³/mol. The Morgan fingerprint density at radius 3 is 2.16 bits per heavy atom. The van der Waals surface area contributed by atoms with Gasteiger partial charge in [-0.1, -0.05) is 31.5 Å². The van der Waals surface area contributed by atoms with E-state index in [4.69, 9.17) is 4.28 Å². The Morgan fingerprint density at radius 2 is 1.50 bits per heavy atom. The molecule has 3 aromatic rings. The molecule has 4 rings (SSSR count). The summed E-state index contributed by atoms with van der Waals surface area (Å²) in [6, 6.07) is 8.28. The Hall–Kier alpha value is -2.98. The summed E-state index contributed by atoms with van der Waals surface area (Å²) < 4.78 is 72.9. The smallest absolute Gasteiger partial charge is 0.266 e. The molecule has 0 unspecified atom stereocenters. The third-order valence-electron chi connectivity index (χ3n) is 5.05. The topological polar surface area (TPSA) is 46.6 Å². The molecule has 32 heavy (non-hydrogen) atoms. The number of halogens is 5. The van der Waals surface area contributed by atoms with E-state index in [9.17, 15) is 31.5 Å². The molecular formula is C22H14F5NO3S. The number of hydroxylamine groups is 2. The quantitative estimate of drug-likeness (QED) is 0.144. The van der Waals surface area contributed by atoms with Crippen LogP contribution in [0.25, 0.3) is 10.8 Å². The number of benzene rings is 3. The molecule has 0 N–H and O–H groups in total. The first kappa shape index (κ1) is 22.2. The van der Waals surface area contributed by atoms with Crippen LogP contribution in [0.2, 0.25) is 0 Å². The fourth-order valence-electron chi connectivity index (χ4n) is 3.47. The maximum Gasteiger partial charge on any atom is 0.286 e. The summed E-state index contributed by atoms with van der Waals surface area (Å²) >= 11 is -0.305. The van der Waals surface area contributed by atoms with Crippen molar-refractivity contribution in [1.82, 2.24) is 5.06 Å². The molecule has 0 spiro atoms. The van der Waals surface area contributed by atoms with Crippen molar-refractivity contribution in [2.24, 2.45) is 0 Å². The first-order valence-electron chi connectivity index (χ1n) is 9.56. The summed E-state index contributed by atoms with van der Waals surface area (Å²) in [4.78, 5) is 24.4. The lowest BCUT2D eigenvalue weighted by molar-refractivity contribution is -0.00776. The van der Waals surface area contributed by atoms with Gasteiger partial charge in [-0.2, -0.15) is 4.28 Å². The van der Waals surface area contributed by atoms with E-state index in [-0.39, 0.29) is 28.2 Å². The van der Waals surface area contributed by atoms with E-state index in [1.165, 1.54) is 6.07 Å². The number of rotatable bonds is 6. The van der Waals surface area contributed by atoms with Crippen LogP contribution in [0.3, 0.4) is 0 Å². The van der Waals surface area contributed by atoms with Gasteiger partial charge in [0.25, 0.3) is 11.8 Å². The van der Waals surface area contributed by atoms with Crippen LogP contribution in [-0.4, -0.2) is 16.9 Å². The Labute approximate surface area is 183 Å². The second-order valence-electron chi connectivity index (χ2n) is 7.11. The van der Waals surface area contributed by atoms with Crippen LogP contribution in [0.4, 0.5) is 22.0 Å². The highest BCUT2D eigenvalue weighted by atomic mass is 32.2. The van der Waals surface area contributed by atoms with Crippen molar-refractivity contribution in [2.45, 2.75) is 31.1 Å². The largest absolute Gasteiger partial charge is 0.286 e. The number of aryl methyl sites for hydroxylation is 1. The average molecular weight is 467 g/mol. The van der Waals surface area contributed by atoms with Crippen molar-refractivity contribution < 1.29 is 35.8 Å². The van der Waals surface area contributed by atoms with Crippen molar-refractivity contribution in [3.05, 3.63) is 76.1 Å². The Bertz CT molecular complexity index is 1250. The molecule has 4 nitrogen and oxygen atoms in total. The highest BCUT2D eigenvalue weighted by Gasteiger charge is 2.36. The van der Waals surface area contributed by atoms with E-state index in [1.54, 1.807) is 18.2 Å². The van der Waals surface area contributed by atoms with Crippen LogP contribution in [0, 0.1) is 29.1 Å². The minimum absolute atomic E-state index is 0.108. The van der Waals surface area contributed by atoms with Gasteiger partial charge in [-0.25, -0.2) is 22.0 Å². The molecule has 0 atom stereocenters. The van der Waals surface area contributed by atoms with Crippen molar-refractivity contribution in [2.75, 3.05) is 0 Å². The Balaban J connectivity index is 1.72. The van der Waals surface area contributed by atoms with E-state index >= 15 is 0 Å². The van der Waals surface area contributed by atoms with E-state index < -0.39 is 45.8 Å². The molecule has 0 fully saturated rings. The highest BCUT2D eigenvalue weighted by Crippen LogP contribution is 2.36. The van der Waals surface area contributed by atoms with Gasteiger partial charge in [0.2, 0.25) is 5.82 Å². The van der Waals surface area contributed by atoms with E-state index in [1.807, 2.05) is 13.0 Å². The number of unbranched alkanes of at least 4 members (excludes halogenated alkanes) is 1. The van der Waals surface area contributed by atoms with Crippen molar-refractivity contribution in [1.29, 1.82) is 0 Å². The predicted octanol–water partition coefficient (Wildman–Crippen LogP) is 6.11. The number of hydrogen-bond acceptors (Lipinski definition) is 4. The van der Waals surface area contributed by atoms with Gasteiger partial charge in [0.1, 0.15) is 4.90 Å². The molecule has 1 heterocycles. The van der Waals surface area contributed by atoms with Crippen LogP contribution in [0.15, 0.2) is 35.2 Å². The molecule has 0 saturated heterocycles. The number of hydrogen-bond donors (Lipinski definition) is 0. The van der Waals surface area contributed by atoms with Gasteiger partial charge in [-0.05, 0) is 35.9 Å². The monoisotopic (exact) mass is 467 g/mol. The molecule has 0 saturated carbocycles. The van der Waals surface area contributed by atoms with Gasteiger partial charge in [-0.15, -0.1) is 5.06 Å². The third-order valence-corrected chi connectivity index (χ3v) is 5.80. The average Bonchev–Trinajstić information content (AvgIpc) is 2.80. The minimum atomic E-state index is -2.32. The number of carbonyl (C=O) groups excluding carboxylic acids is 2. The van der Waals surface area contributed by atoms with Gasteiger partial charge in [0.05, 0.1) is 23.2 Å². The SMILES string of the molecule is CCCCc1cc2c3c(cccc3c1)C(=O)N(OSc1c(F)c(F)c(F)c(F)c1F)C2=O. The fraction of sp³-hybridized carbons (Fsp3) is 0.182. The molecular weight excluding hydrogens is 453 g/mol. The highest BCUT2D eigenvalue weighted by molar-refractivity contribution is 7.94. The first-order chi connectivity index (χ1) is 15.3. The molecule has 0 bridgehead atoms. The van der Waals surface area contributed by atoms with E-state index in [0.29, 0.717) is 17.2 Å². The summed E-state index contributed by atoms with van der Waals surface area (Å²) in [5, 5.41) is 1.33. The molecule has 3 aromatic carbocycles. The molecule has 166 valence electrons. The third kappa shape index (κ3) is 3.53. The van der Waals surface area contributed by atoms with Crippen LogP contribution in [0.1, 0.15) is 46.0 Å². The van der Waals surface area contributed by atoms with Crippen molar-refractivity contribution in [3.8, 4) is 0 Å². The van der Waals surface area contributed by atoms with Gasteiger partial charge in [-0.3, -0.25) is 9.59 Å². The molecule has 1 aliphatic heterocycles. The first-order valence-corrected chi connectivity index (χ1v) is 10.3. The van der Waals surface area contributed by atoms with E-state index in [0.717, 1.165) is 18.4 Å². The normalized spacial score (nSPS) is 13.4. The van der Waals surface area contributed by atoms with E-state index in [2.05, 4.69) is 0 Å². The molecule has 0 aromatic heterocycles. The van der Waals surface area contributed by atoms with Crippen LogP contribution in [-0.2, 0) is 10.7 Å². The van der Waals surface area contributed by atoms with Gasteiger partial charge in [0, 0.05) is 5.39 Å². The molecule has 1 aliphatic rings. The Morgan fingerprint density at radius 1 is 0.875 bits per heavy atom. The standard InChI is InChI=1S/C22H14F5NO3S/c1-2-3-5-10-8-11-6-4-7-12-14(11)13(9-10)22(30)28(21(12)29)31-32-20-18(26)16(24)15(23)17(25)19(20)27/h4,6-9H,2-3,5H2,1H3.